The summed E-state index contributed by atoms with van der Waals surface area (Å²) in [4.78, 5) is 11.4. The SMILES string of the molecule is COC(=O)c1ccc(/C(=N\N)c2ccccc2)cc1. The summed E-state index contributed by atoms with van der Waals surface area (Å²) in [5.74, 6) is 5.09. The summed E-state index contributed by atoms with van der Waals surface area (Å²) < 4.78 is 4.65. The van der Waals surface area contributed by atoms with Crippen LogP contribution >= 0.6 is 0 Å². The zero-order valence-electron chi connectivity index (χ0n) is 10.5. The summed E-state index contributed by atoms with van der Waals surface area (Å²) in [6.07, 6.45) is 0. The summed E-state index contributed by atoms with van der Waals surface area (Å²) in [5, 5.41) is 3.82. The smallest absolute Gasteiger partial charge is 0.337 e. The van der Waals surface area contributed by atoms with Gasteiger partial charge in [-0.1, -0.05) is 42.5 Å². The van der Waals surface area contributed by atoms with Gasteiger partial charge in [0.25, 0.3) is 0 Å². The molecular weight excluding hydrogens is 240 g/mol. The number of rotatable bonds is 3. The second-order valence-corrected chi connectivity index (χ2v) is 3.91. The molecule has 0 saturated carbocycles. The van der Waals surface area contributed by atoms with Crippen LogP contribution in [0.3, 0.4) is 0 Å². The lowest BCUT2D eigenvalue weighted by Crippen LogP contribution is -2.07. The van der Waals surface area contributed by atoms with Crippen LogP contribution in [0.15, 0.2) is 59.7 Å². The number of ether oxygens (including phenoxy) is 1. The van der Waals surface area contributed by atoms with Crippen molar-refractivity contribution in [1.29, 1.82) is 0 Å². The molecule has 19 heavy (non-hydrogen) atoms. The fraction of sp³-hybridized carbons (Fsp3) is 0.0667. The van der Waals surface area contributed by atoms with Gasteiger partial charge in [0.2, 0.25) is 0 Å². The molecule has 0 spiro atoms. The van der Waals surface area contributed by atoms with Crippen molar-refractivity contribution in [3.8, 4) is 0 Å². The Morgan fingerprint density at radius 2 is 1.47 bits per heavy atom. The second kappa shape index (κ2) is 5.82. The monoisotopic (exact) mass is 254 g/mol. The number of hydrogen-bond acceptors (Lipinski definition) is 4. The number of nitrogens with two attached hydrogens (primary N) is 1. The minimum atomic E-state index is -0.363. The van der Waals surface area contributed by atoms with Crippen LogP contribution in [0.1, 0.15) is 21.5 Å². The standard InChI is InChI=1S/C15H14N2O2/c1-19-15(18)13-9-7-12(8-10-13)14(17-16)11-5-3-2-4-6-11/h2-10H,16H2,1H3/b17-14-. The van der Waals surface area contributed by atoms with E-state index in [1.165, 1.54) is 7.11 Å². The lowest BCUT2D eigenvalue weighted by Gasteiger charge is -2.06. The predicted molar refractivity (Wildman–Crippen MR) is 74.0 cm³/mol. The molecule has 0 unspecified atom stereocenters. The molecule has 0 bridgehead atoms. The first kappa shape index (κ1) is 12.8. The topological polar surface area (TPSA) is 64.7 Å². The molecule has 4 heteroatoms. The van der Waals surface area contributed by atoms with Crippen molar-refractivity contribution < 1.29 is 9.53 Å². The Kier molecular flexibility index (Phi) is 3.93. The molecule has 0 fully saturated rings. The molecule has 2 N–H and O–H groups in total. The van der Waals surface area contributed by atoms with Crippen LogP contribution < -0.4 is 5.84 Å². The van der Waals surface area contributed by atoms with E-state index in [-0.39, 0.29) is 5.97 Å². The second-order valence-electron chi connectivity index (χ2n) is 3.91. The van der Waals surface area contributed by atoms with Crippen molar-refractivity contribution in [2.45, 2.75) is 0 Å². The van der Waals surface area contributed by atoms with Crippen LogP contribution in [-0.4, -0.2) is 18.8 Å². The van der Waals surface area contributed by atoms with E-state index in [9.17, 15) is 4.79 Å². The Morgan fingerprint density at radius 3 is 2.00 bits per heavy atom. The zero-order valence-corrected chi connectivity index (χ0v) is 10.5. The molecule has 0 aliphatic heterocycles. The number of carbonyl (C=O) groups is 1. The Hall–Kier alpha value is -2.62. The van der Waals surface area contributed by atoms with Gasteiger partial charge < -0.3 is 10.6 Å². The molecule has 0 aliphatic carbocycles. The van der Waals surface area contributed by atoms with Crippen LogP contribution in [0.2, 0.25) is 0 Å². The van der Waals surface area contributed by atoms with Gasteiger partial charge >= 0.3 is 5.97 Å². The maximum atomic E-state index is 11.4. The lowest BCUT2D eigenvalue weighted by molar-refractivity contribution is 0.0601. The van der Waals surface area contributed by atoms with Crippen LogP contribution in [0, 0.1) is 0 Å². The molecule has 0 aromatic heterocycles. The Morgan fingerprint density at radius 1 is 0.947 bits per heavy atom. The van der Waals surface area contributed by atoms with Gasteiger partial charge in [-0.3, -0.25) is 0 Å². The van der Waals surface area contributed by atoms with Crippen LogP contribution in [0.4, 0.5) is 0 Å². The third-order valence-corrected chi connectivity index (χ3v) is 2.76. The zero-order chi connectivity index (χ0) is 13.7. The summed E-state index contributed by atoms with van der Waals surface area (Å²) >= 11 is 0. The van der Waals surface area contributed by atoms with Crippen LogP contribution in [-0.2, 0) is 4.74 Å². The summed E-state index contributed by atoms with van der Waals surface area (Å²) in [6.45, 7) is 0. The van der Waals surface area contributed by atoms with E-state index in [0.29, 0.717) is 11.3 Å². The van der Waals surface area contributed by atoms with Crippen molar-refractivity contribution in [1.82, 2.24) is 0 Å². The highest BCUT2D eigenvalue weighted by atomic mass is 16.5. The maximum absolute atomic E-state index is 11.4. The summed E-state index contributed by atoms with van der Waals surface area (Å²) in [6, 6.07) is 16.6. The largest absolute Gasteiger partial charge is 0.465 e. The van der Waals surface area contributed by atoms with Crippen LogP contribution in [0.25, 0.3) is 0 Å². The van der Waals surface area contributed by atoms with Crippen molar-refractivity contribution in [2.75, 3.05) is 7.11 Å². The molecule has 0 aliphatic rings. The summed E-state index contributed by atoms with van der Waals surface area (Å²) in [5.41, 5.74) is 2.95. The molecular formula is C15H14N2O2. The molecule has 2 rings (SSSR count). The van der Waals surface area contributed by atoms with E-state index < -0.39 is 0 Å². The fourth-order valence-corrected chi connectivity index (χ4v) is 1.79. The quantitative estimate of drug-likeness (QED) is 0.395. The molecule has 2 aromatic carbocycles. The fourth-order valence-electron chi connectivity index (χ4n) is 1.79. The minimum Gasteiger partial charge on any atom is -0.465 e. The first-order chi connectivity index (χ1) is 9.26. The van der Waals surface area contributed by atoms with Crippen molar-refractivity contribution in [2.24, 2.45) is 10.9 Å². The number of hydrogen-bond donors (Lipinski definition) is 1. The van der Waals surface area contributed by atoms with Gasteiger partial charge in [-0.05, 0) is 12.1 Å². The Bertz CT molecular complexity index is 589. The Labute approximate surface area is 111 Å². The van der Waals surface area contributed by atoms with Crippen molar-refractivity contribution in [3.63, 3.8) is 0 Å². The van der Waals surface area contributed by atoms with Crippen LogP contribution in [0.5, 0.6) is 0 Å². The first-order valence-corrected chi connectivity index (χ1v) is 5.78. The van der Waals surface area contributed by atoms with E-state index in [0.717, 1.165) is 11.1 Å². The molecule has 0 amide bonds. The number of carbonyl (C=O) groups excluding carboxylic acids is 1. The molecule has 4 nitrogen and oxygen atoms in total. The van der Waals surface area contributed by atoms with Gasteiger partial charge in [0.15, 0.2) is 0 Å². The molecule has 0 radical (unpaired) electrons. The van der Waals surface area contributed by atoms with E-state index in [1.807, 2.05) is 30.3 Å². The molecule has 0 heterocycles. The average molecular weight is 254 g/mol. The van der Waals surface area contributed by atoms with Gasteiger partial charge in [-0.15, -0.1) is 0 Å². The van der Waals surface area contributed by atoms with E-state index in [1.54, 1.807) is 24.3 Å². The average Bonchev–Trinajstić information content (AvgIpc) is 2.49. The highest BCUT2D eigenvalue weighted by Gasteiger charge is 2.09. The number of nitrogens with zero attached hydrogens (tertiary/aromatic N) is 1. The first-order valence-electron chi connectivity index (χ1n) is 5.78. The van der Waals surface area contributed by atoms with E-state index in [4.69, 9.17) is 5.84 Å². The molecule has 2 aromatic rings. The van der Waals surface area contributed by atoms with Gasteiger partial charge in [-0.25, -0.2) is 4.79 Å². The van der Waals surface area contributed by atoms with Crippen molar-refractivity contribution in [3.05, 3.63) is 71.3 Å². The Balaban J connectivity index is 2.33. The lowest BCUT2D eigenvalue weighted by atomic mass is 10.0. The highest BCUT2D eigenvalue weighted by molar-refractivity contribution is 6.13. The van der Waals surface area contributed by atoms with Gasteiger partial charge in [-0.2, -0.15) is 5.10 Å². The predicted octanol–water partition coefficient (Wildman–Crippen LogP) is 2.18. The third-order valence-electron chi connectivity index (χ3n) is 2.76. The van der Waals surface area contributed by atoms with E-state index in [2.05, 4.69) is 9.84 Å². The highest BCUT2D eigenvalue weighted by Crippen LogP contribution is 2.12. The van der Waals surface area contributed by atoms with Gasteiger partial charge in [0, 0.05) is 11.1 Å². The summed E-state index contributed by atoms with van der Waals surface area (Å²) in [7, 11) is 1.35. The normalized spacial score (nSPS) is 11.1. The molecule has 96 valence electrons. The number of esters is 1. The van der Waals surface area contributed by atoms with Gasteiger partial charge in [0.05, 0.1) is 18.4 Å². The minimum absolute atomic E-state index is 0.363. The number of benzene rings is 2. The number of methoxy groups -OCH3 is 1. The van der Waals surface area contributed by atoms with Crippen molar-refractivity contribution >= 4 is 11.7 Å². The van der Waals surface area contributed by atoms with E-state index >= 15 is 0 Å². The molecule has 0 saturated heterocycles. The third kappa shape index (κ3) is 2.80. The van der Waals surface area contributed by atoms with Gasteiger partial charge in [0.1, 0.15) is 0 Å². The molecule has 0 atom stereocenters. The number of hydrazone groups is 1. The maximum Gasteiger partial charge on any atom is 0.337 e.